The molecule has 1 amide bonds. The maximum absolute atomic E-state index is 12.3. The Bertz CT molecular complexity index is 781. The second-order valence-electron chi connectivity index (χ2n) is 7.40. The highest BCUT2D eigenvalue weighted by Gasteiger charge is 2.20. The van der Waals surface area contributed by atoms with Gasteiger partial charge in [-0.3, -0.25) is 4.79 Å². The van der Waals surface area contributed by atoms with Gasteiger partial charge in [-0.05, 0) is 59.9 Å². The fourth-order valence-corrected chi connectivity index (χ4v) is 4.08. The lowest BCUT2D eigenvalue weighted by Gasteiger charge is -2.30. The second kappa shape index (κ2) is 8.24. The van der Waals surface area contributed by atoms with Gasteiger partial charge in [-0.15, -0.1) is 12.4 Å². The molecule has 3 nitrogen and oxygen atoms in total. The zero-order valence-electron chi connectivity index (χ0n) is 15.1. The highest BCUT2D eigenvalue weighted by Crippen LogP contribution is 2.37. The number of carbonyl (C=O) groups excluding carboxylic acids is 1. The van der Waals surface area contributed by atoms with E-state index < -0.39 is 0 Å². The minimum Gasteiger partial charge on any atom is -0.343 e. The number of aryl methyl sites for hydroxylation is 1. The summed E-state index contributed by atoms with van der Waals surface area (Å²) in [6, 6.07) is 15.8. The third kappa shape index (κ3) is 3.94. The fraction of sp³-hybridized carbons (Fsp3) is 0.409. The van der Waals surface area contributed by atoms with Crippen LogP contribution in [0.2, 0.25) is 0 Å². The van der Waals surface area contributed by atoms with Crippen molar-refractivity contribution in [1.29, 1.82) is 0 Å². The maximum Gasteiger partial charge on any atom is 0.222 e. The number of benzene rings is 2. The van der Waals surface area contributed by atoms with Crippen molar-refractivity contribution < 1.29 is 4.79 Å². The first-order valence-electron chi connectivity index (χ1n) is 9.44. The van der Waals surface area contributed by atoms with Gasteiger partial charge in [-0.1, -0.05) is 42.5 Å². The zero-order valence-corrected chi connectivity index (χ0v) is 15.9. The molecule has 4 rings (SSSR count). The van der Waals surface area contributed by atoms with E-state index in [9.17, 15) is 4.79 Å². The second-order valence-corrected chi connectivity index (χ2v) is 7.40. The molecule has 0 aromatic heterocycles. The van der Waals surface area contributed by atoms with Crippen LogP contribution in [0, 0.1) is 0 Å². The first kappa shape index (κ1) is 18.9. The lowest BCUT2D eigenvalue weighted by Crippen LogP contribution is -2.42. The third-order valence-electron chi connectivity index (χ3n) is 5.61. The molecule has 2 N–H and O–H groups in total. The van der Waals surface area contributed by atoms with Crippen molar-refractivity contribution in [3.05, 3.63) is 59.2 Å². The molecule has 4 heteroatoms. The monoisotopic (exact) mass is 370 g/mol. The van der Waals surface area contributed by atoms with E-state index in [1.165, 1.54) is 27.8 Å². The van der Waals surface area contributed by atoms with Crippen LogP contribution in [0.25, 0.3) is 11.1 Å². The van der Waals surface area contributed by atoms with Crippen molar-refractivity contribution in [2.75, 3.05) is 13.1 Å². The molecule has 138 valence electrons. The van der Waals surface area contributed by atoms with Gasteiger partial charge in [0.1, 0.15) is 0 Å². The number of fused-ring (bicyclic) bond motifs is 3. The van der Waals surface area contributed by atoms with Crippen LogP contribution in [0.1, 0.15) is 42.4 Å². The first-order chi connectivity index (χ1) is 12.2. The normalized spacial score (nSPS) is 16.0. The Hall–Kier alpha value is -1.84. The van der Waals surface area contributed by atoms with Gasteiger partial charge in [0.25, 0.3) is 0 Å². The van der Waals surface area contributed by atoms with Crippen molar-refractivity contribution in [2.24, 2.45) is 5.73 Å². The van der Waals surface area contributed by atoms with E-state index in [1.807, 2.05) is 4.90 Å². The number of piperidine rings is 1. The van der Waals surface area contributed by atoms with Crippen LogP contribution >= 0.6 is 12.4 Å². The van der Waals surface area contributed by atoms with Gasteiger partial charge in [-0.2, -0.15) is 0 Å². The molecule has 0 atom stereocenters. The smallest absolute Gasteiger partial charge is 0.222 e. The predicted octanol–water partition coefficient (Wildman–Crippen LogP) is 3.95. The van der Waals surface area contributed by atoms with Crippen LogP contribution < -0.4 is 5.73 Å². The summed E-state index contributed by atoms with van der Waals surface area (Å²) in [7, 11) is 0. The molecule has 0 unspecified atom stereocenters. The third-order valence-corrected chi connectivity index (χ3v) is 5.61. The van der Waals surface area contributed by atoms with Gasteiger partial charge in [-0.25, -0.2) is 0 Å². The Kier molecular flexibility index (Phi) is 6.00. The van der Waals surface area contributed by atoms with E-state index in [-0.39, 0.29) is 18.4 Å². The Labute approximate surface area is 162 Å². The van der Waals surface area contributed by atoms with Crippen LogP contribution in [-0.4, -0.2) is 29.9 Å². The topological polar surface area (TPSA) is 46.3 Å². The summed E-state index contributed by atoms with van der Waals surface area (Å²) < 4.78 is 0. The summed E-state index contributed by atoms with van der Waals surface area (Å²) in [5.41, 5.74) is 12.9. The molecule has 1 heterocycles. The van der Waals surface area contributed by atoms with Crippen molar-refractivity contribution in [2.45, 2.75) is 44.6 Å². The summed E-state index contributed by atoms with van der Waals surface area (Å²) in [4.78, 5) is 14.3. The van der Waals surface area contributed by atoms with Crippen LogP contribution in [0.3, 0.4) is 0 Å². The van der Waals surface area contributed by atoms with Gasteiger partial charge < -0.3 is 10.6 Å². The van der Waals surface area contributed by atoms with Gasteiger partial charge in [0, 0.05) is 25.6 Å². The molecule has 2 aromatic carbocycles. The Balaban J connectivity index is 0.00000196. The quantitative estimate of drug-likeness (QED) is 0.755. The molecule has 0 radical (unpaired) electrons. The van der Waals surface area contributed by atoms with E-state index in [4.69, 9.17) is 5.73 Å². The first-order valence-corrected chi connectivity index (χ1v) is 9.44. The molecular formula is C22H27ClN2O. The SMILES string of the molecule is Cl.NC1CCN(C(=O)CCCc2ccc3c(c2)-c2ccccc2C3)CC1. The number of hydrogen-bond donors (Lipinski definition) is 1. The number of likely N-dealkylation sites (tertiary alicyclic amines) is 1. The number of nitrogens with two attached hydrogens (primary N) is 1. The molecule has 1 fully saturated rings. The van der Waals surface area contributed by atoms with E-state index in [0.29, 0.717) is 12.3 Å². The lowest BCUT2D eigenvalue weighted by molar-refractivity contribution is -0.132. The van der Waals surface area contributed by atoms with Crippen molar-refractivity contribution in [3.63, 3.8) is 0 Å². The highest BCUT2D eigenvalue weighted by atomic mass is 35.5. The van der Waals surface area contributed by atoms with E-state index in [2.05, 4.69) is 42.5 Å². The Morgan fingerprint density at radius 3 is 2.58 bits per heavy atom. The van der Waals surface area contributed by atoms with Gasteiger partial charge in [0.05, 0.1) is 0 Å². The lowest BCUT2D eigenvalue weighted by atomic mass is 9.99. The molecule has 0 spiro atoms. The van der Waals surface area contributed by atoms with E-state index in [1.54, 1.807) is 0 Å². The summed E-state index contributed by atoms with van der Waals surface area (Å²) in [5.74, 6) is 0.290. The van der Waals surface area contributed by atoms with Gasteiger partial charge in [0.15, 0.2) is 0 Å². The average molecular weight is 371 g/mol. The van der Waals surface area contributed by atoms with Gasteiger partial charge in [0.2, 0.25) is 5.91 Å². The number of hydrogen-bond acceptors (Lipinski definition) is 2. The minimum absolute atomic E-state index is 0. The van der Waals surface area contributed by atoms with Crippen LogP contribution in [-0.2, 0) is 17.6 Å². The van der Waals surface area contributed by atoms with Crippen molar-refractivity contribution >= 4 is 18.3 Å². The molecule has 0 bridgehead atoms. The number of rotatable bonds is 4. The summed E-state index contributed by atoms with van der Waals surface area (Å²) in [6.45, 7) is 1.66. The number of halogens is 1. The zero-order chi connectivity index (χ0) is 17.2. The molecule has 1 saturated heterocycles. The molecule has 1 aliphatic carbocycles. The molecule has 0 saturated carbocycles. The molecular weight excluding hydrogens is 344 g/mol. The maximum atomic E-state index is 12.3. The number of nitrogens with zero attached hydrogens (tertiary/aromatic N) is 1. The van der Waals surface area contributed by atoms with Crippen molar-refractivity contribution in [1.82, 2.24) is 4.90 Å². The van der Waals surface area contributed by atoms with E-state index in [0.717, 1.165) is 45.2 Å². The van der Waals surface area contributed by atoms with Gasteiger partial charge >= 0.3 is 0 Å². The standard InChI is InChI=1S/C22H26N2O.ClH/c23-19-10-12-24(13-11-19)22(25)7-3-4-16-8-9-18-15-17-5-1-2-6-20(17)21(18)14-16;/h1-2,5-6,8-9,14,19H,3-4,7,10-13,15,23H2;1H. The average Bonchev–Trinajstić information content (AvgIpc) is 3.00. The molecule has 1 aliphatic heterocycles. The Morgan fingerprint density at radius 1 is 1.04 bits per heavy atom. The Morgan fingerprint density at radius 2 is 1.77 bits per heavy atom. The molecule has 2 aliphatic rings. The summed E-state index contributed by atoms with van der Waals surface area (Å²) in [6.07, 6.45) is 5.45. The number of amides is 1. The van der Waals surface area contributed by atoms with Crippen LogP contribution in [0.4, 0.5) is 0 Å². The van der Waals surface area contributed by atoms with Crippen molar-refractivity contribution in [3.8, 4) is 11.1 Å². The molecule has 2 aromatic rings. The molecule has 26 heavy (non-hydrogen) atoms. The highest BCUT2D eigenvalue weighted by molar-refractivity contribution is 5.85. The summed E-state index contributed by atoms with van der Waals surface area (Å²) >= 11 is 0. The predicted molar refractivity (Wildman–Crippen MR) is 109 cm³/mol. The number of carbonyl (C=O) groups is 1. The van der Waals surface area contributed by atoms with Crippen LogP contribution in [0.15, 0.2) is 42.5 Å². The largest absolute Gasteiger partial charge is 0.343 e. The van der Waals surface area contributed by atoms with E-state index >= 15 is 0 Å². The fourth-order valence-electron chi connectivity index (χ4n) is 4.08. The van der Waals surface area contributed by atoms with Crippen LogP contribution in [0.5, 0.6) is 0 Å². The minimum atomic E-state index is 0. The summed E-state index contributed by atoms with van der Waals surface area (Å²) in [5, 5.41) is 0.